The second kappa shape index (κ2) is 5.65. The Kier molecular flexibility index (Phi) is 3.81. The fourth-order valence-corrected chi connectivity index (χ4v) is 6.60. The minimum Gasteiger partial charge on any atom is -0.298 e. The Hall–Kier alpha value is -2.19. The molecule has 3 atom stereocenters. The van der Waals surface area contributed by atoms with Crippen LogP contribution in [0.25, 0.3) is 10.9 Å². The van der Waals surface area contributed by atoms with Crippen LogP contribution in [0.2, 0.25) is 0 Å². The van der Waals surface area contributed by atoms with E-state index >= 15 is 0 Å². The second-order valence-corrected chi connectivity index (χ2v) is 9.70. The lowest BCUT2D eigenvalue weighted by atomic mass is 9.70. The fraction of sp³-hybridized carbons (Fsp3) is 0.474. The second-order valence-electron chi connectivity index (χ2n) is 8.25. The van der Waals surface area contributed by atoms with Crippen molar-refractivity contribution in [3.63, 3.8) is 0 Å². The first kappa shape index (κ1) is 18.2. The van der Waals surface area contributed by atoms with Gasteiger partial charge in [-0.1, -0.05) is 32.0 Å². The number of rotatable bonds is 3. The van der Waals surface area contributed by atoms with Gasteiger partial charge in [0.05, 0.1) is 27.1 Å². The Morgan fingerprint density at radius 1 is 1.30 bits per heavy atom. The van der Waals surface area contributed by atoms with Crippen LogP contribution < -0.4 is 4.54 Å². The van der Waals surface area contributed by atoms with Gasteiger partial charge < -0.3 is 0 Å². The topological polar surface area (TPSA) is 107 Å². The summed E-state index contributed by atoms with van der Waals surface area (Å²) >= 11 is 0. The lowest BCUT2D eigenvalue weighted by Gasteiger charge is -2.35. The monoisotopic (exact) mass is 389 g/mol. The number of carbonyl (C=O) groups is 1. The first-order valence-electron chi connectivity index (χ1n) is 8.88. The standard InChI is InChI=1S/C19H20N2O5S/c1-18(2)14-7-8-19(18,11-27(24,25)26)17(22)16(14)13-9-12-5-3-4-6-15(12)20-21(23)10-13/h3-6,9-10,14,16H,7-8,11H2,1-2H3/p+1/t14?,16?,19-/m1/s1. The van der Waals surface area contributed by atoms with Crippen LogP contribution in [0.5, 0.6) is 0 Å². The molecule has 2 aromatic rings. The van der Waals surface area contributed by atoms with E-state index in [0.717, 1.165) is 5.39 Å². The molecule has 2 unspecified atom stereocenters. The van der Waals surface area contributed by atoms with E-state index in [1.165, 1.54) is 6.20 Å². The maximum atomic E-state index is 13.4. The molecule has 142 valence electrons. The van der Waals surface area contributed by atoms with Gasteiger partial charge in [0.2, 0.25) is 0 Å². The summed E-state index contributed by atoms with van der Waals surface area (Å²) in [5.74, 6) is -1.48. The normalized spacial score (nSPS) is 29.4. The number of nitrogens with zero attached hydrogens (tertiary/aromatic N) is 2. The molecule has 1 heterocycles. The average molecular weight is 389 g/mol. The van der Waals surface area contributed by atoms with Crippen molar-refractivity contribution in [2.45, 2.75) is 32.6 Å². The Morgan fingerprint density at radius 3 is 2.70 bits per heavy atom. The van der Waals surface area contributed by atoms with Gasteiger partial charge in [0, 0.05) is 10.9 Å². The highest BCUT2D eigenvalue weighted by atomic mass is 32.2. The number of hydrogen-bond donors (Lipinski definition) is 1. The third-order valence-electron chi connectivity index (χ3n) is 6.71. The molecule has 2 bridgehead atoms. The summed E-state index contributed by atoms with van der Waals surface area (Å²) in [6, 6.07) is 8.94. The van der Waals surface area contributed by atoms with Gasteiger partial charge >= 0.3 is 0 Å². The van der Waals surface area contributed by atoms with Gasteiger partial charge in [-0.3, -0.25) is 9.35 Å². The molecule has 2 saturated carbocycles. The van der Waals surface area contributed by atoms with E-state index in [0.29, 0.717) is 28.5 Å². The number of ketones is 1. The zero-order valence-corrected chi connectivity index (χ0v) is 15.9. The van der Waals surface area contributed by atoms with Gasteiger partial charge in [0.25, 0.3) is 16.3 Å². The van der Waals surface area contributed by atoms with E-state index in [1.54, 1.807) is 18.2 Å². The van der Waals surface area contributed by atoms with Crippen LogP contribution in [0.3, 0.4) is 0 Å². The highest BCUT2D eigenvalue weighted by Gasteiger charge is 2.70. The van der Waals surface area contributed by atoms with Gasteiger partial charge in [-0.2, -0.15) is 8.42 Å². The average Bonchev–Trinajstić information content (AvgIpc) is 2.79. The predicted octanol–water partition coefficient (Wildman–Crippen LogP) is 2.13. The van der Waals surface area contributed by atoms with Gasteiger partial charge in [-0.15, -0.1) is 0 Å². The minimum absolute atomic E-state index is 0.104. The molecule has 2 aliphatic carbocycles. The summed E-state index contributed by atoms with van der Waals surface area (Å²) in [7, 11) is -4.32. The summed E-state index contributed by atoms with van der Waals surface area (Å²) in [6.07, 6.45) is 2.40. The lowest BCUT2D eigenvalue weighted by molar-refractivity contribution is -0.561. The summed E-state index contributed by atoms with van der Waals surface area (Å²) in [5.41, 5.74) is -0.683. The van der Waals surface area contributed by atoms with Gasteiger partial charge in [0.15, 0.2) is 4.54 Å². The van der Waals surface area contributed by atoms with E-state index in [2.05, 4.69) is 5.10 Å². The largest absolute Gasteiger partial charge is 0.298 e. The Morgan fingerprint density at radius 2 is 2.00 bits per heavy atom. The third-order valence-corrected chi connectivity index (χ3v) is 7.57. The molecule has 0 aliphatic heterocycles. The minimum atomic E-state index is -4.32. The van der Waals surface area contributed by atoms with Gasteiger partial charge in [-0.05, 0) is 36.3 Å². The molecule has 1 aromatic heterocycles. The zero-order valence-electron chi connectivity index (χ0n) is 15.1. The first-order valence-corrected chi connectivity index (χ1v) is 10.5. The molecule has 0 saturated heterocycles. The van der Waals surface area contributed by atoms with Crippen molar-refractivity contribution in [1.29, 1.82) is 0 Å². The maximum absolute atomic E-state index is 13.4. The molecule has 0 amide bonds. The van der Waals surface area contributed by atoms with Gasteiger partial charge in [0.1, 0.15) is 11.3 Å². The number of carbonyl (C=O) groups excluding carboxylic acids is 1. The smallest absolute Gasteiger partial charge is 0.265 e. The van der Waals surface area contributed by atoms with Crippen molar-refractivity contribution in [1.82, 2.24) is 5.10 Å². The predicted molar refractivity (Wildman–Crippen MR) is 98.2 cm³/mol. The van der Waals surface area contributed by atoms with Crippen molar-refractivity contribution in [3.8, 4) is 0 Å². The summed E-state index contributed by atoms with van der Waals surface area (Å²) < 4.78 is 33.3. The lowest BCUT2D eigenvalue weighted by Crippen LogP contribution is -2.42. The number of hydrogen-bond acceptors (Lipinski definition) is 5. The van der Waals surface area contributed by atoms with Crippen molar-refractivity contribution < 1.29 is 22.3 Å². The molecule has 27 heavy (non-hydrogen) atoms. The van der Waals surface area contributed by atoms with Crippen molar-refractivity contribution in [2.24, 2.45) is 16.7 Å². The quantitative estimate of drug-likeness (QED) is 0.636. The van der Waals surface area contributed by atoms with E-state index in [1.807, 2.05) is 26.0 Å². The maximum Gasteiger partial charge on any atom is 0.265 e. The molecule has 2 fully saturated rings. The van der Waals surface area contributed by atoms with Crippen LogP contribution in [0.4, 0.5) is 0 Å². The molecule has 2 aliphatic rings. The van der Waals surface area contributed by atoms with E-state index in [4.69, 9.17) is 0 Å². The molecular formula is C19H21N2O5S+. The van der Waals surface area contributed by atoms with Crippen molar-refractivity contribution >= 4 is 26.8 Å². The Balaban J connectivity index is 1.91. The fourth-order valence-electron chi connectivity index (χ4n) is 5.32. The van der Waals surface area contributed by atoms with Crippen LogP contribution in [0.1, 0.15) is 38.2 Å². The molecular weight excluding hydrogens is 368 g/mol. The van der Waals surface area contributed by atoms with E-state index in [9.17, 15) is 22.7 Å². The number of Topliss-reactive ketones (excluding diaryl/α,β-unsaturated/α-hetero) is 1. The molecule has 7 nitrogen and oxygen atoms in total. The molecule has 1 N–H and O–H groups in total. The third kappa shape index (κ3) is 2.62. The number of benzene rings is 1. The summed E-state index contributed by atoms with van der Waals surface area (Å²) in [5, 5.41) is 4.72. The molecule has 8 heteroatoms. The highest BCUT2D eigenvalue weighted by molar-refractivity contribution is 7.85. The molecule has 1 aromatic carbocycles. The van der Waals surface area contributed by atoms with Crippen LogP contribution in [-0.4, -0.2) is 29.6 Å². The number of aromatic nitrogens is 2. The number of fused-ring (bicyclic) bond motifs is 3. The summed E-state index contributed by atoms with van der Waals surface area (Å²) in [4.78, 5) is 25.6. The molecule has 0 radical (unpaired) electrons. The van der Waals surface area contributed by atoms with Crippen molar-refractivity contribution in [2.75, 3.05) is 5.75 Å². The molecule has 0 spiro atoms. The zero-order chi connectivity index (χ0) is 19.6. The SMILES string of the molecule is CC1(C)C2CC[C@@]1(CS(=O)(=O)O)C(=O)C2c1cc2ccccc2n[n+](=O)c1. The Bertz CT molecular complexity index is 1130. The Labute approximate surface area is 156 Å². The van der Waals surface area contributed by atoms with Crippen LogP contribution in [-0.2, 0) is 14.9 Å². The van der Waals surface area contributed by atoms with E-state index in [-0.39, 0.29) is 11.7 Å². The van der Waals surface area contributed by atoms with E-state index < -0.39 is 32.6 Å². The van der Waals surface area contributed by atoms with Crippen molar-refractivity contribution in [3.05, 3.63) is 47.0 Å². The van der Waals surface area contributed by atoms with Gasteiger partial charge in [-0.25, -0.2) is 0 Å². The summed E-state index contributed by atoms with van der Waals surface area (Å²) in [6.45, 7) is 3.77. The van der Waals surface area contributed by atoms with Crippen LogP contribution >= 0.6 is 0 Å². The molecule has 4 rings (SSSR count). The highest BCUT2D eigenvalue weighted by Crippen LogP contribution is 2.68. The van der Waals surface area contributed by atoms with Crippen LogP contribution in [0, 0.1) is 21.7 Å². The first-order chi connectivity index (χ1) is 12.6. The van der Waals surface area contributed by atoms with Crippen LogP contribution in [0.15, 0.2) is 36.5 Å².